The van der Waals surface area contributed by atoms with Crippen molar-refractivity contribution in [2.75, 3.05) is 0 Å². The summed E-state index contributed by atoms with van der Waals surface area (Å²) in [7, 11) is 0. The van der Waals surface area contributed by atoms with Crippen LogP contribution in [0, 0.1) is 0 Å². The van der Waals surface area contributed by atoms with Gasteiger partial charge in [-0.1, -0.05) is 53.0 Å². The molecule has 0 unspecified atom stereocenters. The first kappa shape index (κ1) is 11.6. The molecule has 0 N–H and O–H groups in total. The zero-order valence-corrected chi connectivity index (χ0v) is 9.53. The molecule has 0 aliphatic heterocycles. The van der Waals surface area contributed by atoms with Gasteiger partial charge in [0.1, 0.15) is 0 Å². The van der Waals surface area contributed by atoms with E-state index in [9.17, 15) is 4.79 Å². The molecule has 0 bridgehead atoms. The van der Waals surface area contributed by atoms with Gasteiger partial charge in [-0.15, -0.1) is 0 Å². The van der Waals surface area contributed by atoms with Crippen molar-refractivity contribution < 1.29 is 9.53 Å². The molecule has 1 aromatic carbocycles. The summed E-state index contributed by atoms with van der Waals surface area (Å²) in [4.78, 5) is 10.7. The minimum absolute atomic E-state index is 0.346. The van der Waals surface area contributed by atoms with Crippen LogP contribution in [0.2, 0.25) is 5.02 Å². The van der Waals surface area contributed by atoms with Gasteiger partial charge in [0.15, 0.2) is 0 Å². The molecule has 1 rings (SSSR count). The second-order valence-corrected chi connectivity index (χ2v) is 4.26. The molecular weight excluding hydrogens is 246 g/mol. The van der Waals surface area contributed by atoms with Crippen LogP contribution in [-0.2, 0) is 14.1 Å². The Labute approximate surface area is 96.7 Å². The summed E-state index contributed by atoms with van der Waals surface area (Å²) < 4.78 is 2.98. The van der Waals surface area contributed by atoms with Crippen LogP contribution in [0.3, 0.4) is 0 Å². The van der Waals surface area contributed by atoms with Crippen LogP contribution < -0.4 is 0 Å². The van der Waals surface area contributed by atoms with Gasteiger partial charge in [0.2, 0.25) is 0 Å². The van der Waals surface area contributed by atoms with E-state index in [0.717, 1.165) is 0 Å². The summed E-state index contributed by atoms with van der Waals surface area (Å²) in [6.45, 7) is 1.22. The lowest BCUT2D eigenvalue weighted by Crippen LogP contribution is -2.18. The molecule has 76 valence electrons. The molecule has 2 nitrogen and oxygen atoms in total. The van der Waals surface area contributed by atoms with E-state index < -0.39 is 10.5 Å². The molecule has 0 fully saturated rings. The number of benzene rings is 1. The van der Waals surface area contributed by atoms with E-state index in [-0.39, 0.29) is 0 Å². The second-order valence-electron chi connectivity index (χ2n) is 2.59. The monoisotopic (exact) mass is 252 g/mol. The Morgan fingerprint density at radius 1 is 1.36 bits per heavy atom. The normalized spacial score (nSPS) is 11.1. The van der Waals surface area contributed by atoms with Crippen molar-refractivity contribution in [2.24, 2.45) is 0 Å². The molecular formula is C9H7Cl3O2. The number of carbonyl (C=O) groups excluding carboxylic acids is 1. The Morgan fingerprint density at radius 3 is 2.43 bits per heavy atom. The lowest BCUT2D eigenvalue weighted by Gasteiger charge is -2.20. The van der Waals surface area contributed by atoms with E-state index in [1.165, 1.54) is 6.92 Å². The maximum atomic E-state index is 10.7. The molecule has 0 aromatic heterocycles. The molecule has 0 amide bonds. The summed E-state index contributed by atoms with van der Waals surface area (Å²) in [6.07, 6.45) is 0. The summed E-state index contributed by atoms with van der Waals surface area (Å²) in [6, 6.07) is 6.62. The SMILES string of the molecule is CC(=O)OC(Cl)(Cl)c1ccccc1Cl. The van der Waals surface area contributed by atoms with Crippen LogP contribution in [-0.4, -0.2) is 5.97 Å². The Bertz CT molecular complexity index is 350. The number of carbonyl (C=O) groups is 1. The predicted octanol–water partition coefficient (Wildman–Crippen LogP) is 3.49. The van der Waals surface area contributed by atoms with Gasteiger partial charge >= 0.3 is 5.97 Å². The first-order valence-electron chi connectivity index (χ1n) is 3.76. The number of halogens is 3. The van der Waals surface area contributed by atoms with Crippen molar-refractivity contribution in [2.45, 2.75) is 11.4 Å². The third-order valence-electron chi connectivity index (χ3n) is 1.46. The number of esters is 1. The van der Waals surface area contributed by atoms with Crippen LogP contribution in [0.4, 0.5) is 0 Å². The van der Waals surface area contributed by atoms with Gasteiger partial charge in [0.25, 0.3) is 4.52 Å². The molecule has 0 radical (unpaired) electrons. The van der Waals surface area contributed by atoms with Crippen LogP contribution >= 0.6 is 34.8 Å². The molecule has 0 atom stereocenters. The fourth-order valence-corrected chi connectivity index (χ4v) is 1.85. The molecule has 0 saturated carbocycles. The van der Waals surface area contributed by atoms with Crippen molar-refractivity contribution >= 4 is 40.8 Å². The highest BCUT2D eigenvalue weighted by molar-refractivity contribution is 6.48. The Morgan fingerprint density at radius 2 is 1.93 bits per heavy atom. The highest BCUT2D eigenvalue weighted by Gasteiger charge is 2.32. The van der Waals surface area contributed by atoms with Gasteiger partial charge in [-0.2, -0.15) is 0 Å². The van der Waals surface area contributed by atoms with E-state index >= 15 is 0 Å². The topological polar surface area (TPSA) is 26.3 Å². The van der Waals surface area contributed by atoms with Gasteiger partial charge in [-0.25, -0.2) is 0 Å². The van der Waals surface area contributed by atoms with Crippen LogP contribution in [0.25, 0.3) is 0 Å². The number of hydrogen-bond acceptors (Lipinski definition) is 2. The molecule has 1 aromatic rings. The third-order valence-corrected chi connectivity index (χ3v) is 2.35. The molecule has 14 heavy (non-hydrogen) atoms. The number of rotatable bonds is 2. The lowest BCUT2D eigenvalue weighted by molar-refractivity contribution is -0.145. The van der Waals surface area contributed by atoms with E-state index in [2.05, 4.69) is 0 Å². The lowest BCUT2D eigenvalue weighted by atomic mass is 10.2. The van der Waals surface area contributed by atoms with Crippen molar-refractivity contribution in [3.63, 3.8) is 0 Å². The molecule has 0 saturated heterocycles. The fraction of sp³-hybridized carbons (Fsp3) is 0.222. The van der Waals surface area contributed by atoms with E-state index in [1.54, 1.807) is 24.3 Å². The van der Waals surface area contributed by atoms with Gasteiger partial charge in [-0.3, -0.25) is 4.79 Å². The smallest absolute Gasteiger partial charge is 0.305 e. The zero-order valence-electron chi connectivity index (χ0n) is 7.26. The quantitative estimate of drug-likeness (QED) is 0.596. The number of ether oxygens (including phenoxy) is 1. The van der Waals surface area contributed by atoms with Gasteiger partial charge in [0.05, 0.1) is 5.02 Å². The second kappa shape index (κ2) is 4.39. The summed E-state index contributed by atoms with van der Waals surface area (Å²) >= 11 is 17.4. The first-order valence-corrected chi connectivity index (χ1v) is 4.89. The third kappa shape index (κ3) is 2.77. The number of hydrogen-bond donors (Lipinski definition) is 0. The molecule has 5 heteroatoms. The highest BCUT2D eigenvalue weighted by Crippen LogP contribution is 2.38. The number of alkyl halides is 2. The van der Waals surface area contributed by atoms with Crippen LogP contribution in [0.15, 0.2) is 24.3 Å². The minimum Gasteiger partial charge on any atom is -0.424 e. The van der Waals surface area contributed by atoms with Gasteiger partial charge in [0, 0.05) is 12.5 Å². The van der Waals surface area contributed by atoms with Crippen molar-refractivity contribution in [1.82, 2.24) is 0 Å². The fourth-order valence-electron chi connectivity index (χ4n) is 0.933. The summed E-state index contributed by atoms with van der Waals surface area (Å²) in [5, 5.41) is 0.346. The predicted molar refractivity (Wildman–Crippen MR) is 56.6 cm³/mol. The molecule has 0 aliphatic carbocycles. The maximum Gasteiger partial charge on any atom is 0.305 e. The largest absolute Gasteiger partial charge is 0.424 e. The van der Waals surface area contributed by atoms with Crippen LogP contribution in [0.5, 0.6) is 0 Å². The van der Waals surface area contributed by atoms with E-state index in [1.807, 2.05) is 0 Å². The minimum atomic E-state index is -1.73. The molecule has 0 heterocycles. The van der Waals surface area contributed by atoms with E-state index in [0.29, 0.717) is 10.6 Å². The standard InChI is InChI=1S/C9H7Cl3O2/c1-6(13)14-9(11,12)7-4-2-3-5-8(7)10/h2-5H,1H3. The Balaban J connectivity index is 3.03. The van der Waals surface area contributed by atoms with Crippen molar-refractivity contribution in [3.8, 4) is 0 Å². The molecule has 0 aliphatic rings. The average Bonchev–Trinajstić information content (AvgIpc) is 2.02. The van der Waals surface area contributed by atoms with Gasteiger partial charge in [-0.05, 0) is 6.07 Å². The van der Waals surface area contributed by atoms with Crippen molar-refractivity contribution in [1.29, 1.82) is 0 Å². The highest BCUT2D eigenvalue weighted by atomic mass is 35.5. The first-order chi connectivity index (χ1) is 6.43. The van der Waals surface area contributed by atoms with E-state index in [4.69, 9.17) is 39.5 Å². The van der Waals surface area contributed by atoms with Crippen LogP contribution in [0.1, 0.15) is 12.5 Å². The van der Waals surface area contributed by atoms with Crippen molar-refractivity contribution in [3.05, 3.63) is 34.9 Å². The molecule has 0 spiro atoms. The zero-order chi connectivity index (χ0) is 10.8. The average molecular weight is 254 g/mol. The maximum absolute atomic E-state index is 10.7. The summed E-state index contributed by atoms with van der Waals surface area (Å²) in [5.74, 6) is -0.574. The van der Waals surface area contributed by atoms with Gasteiger partial charge < -0.3 is 4.74 Å². The Kier molecular flexibility index (Phi) is 3.65. The summed E-state index contributed by atoms with van der Waals surface area (Å²) in [5.41, 5.74) is 0.347. The Hall–Kier alpha value is -0.440.